The van der Waals surface area contributed by atoms with Gasteiger partial charge in [-0.2, -0.15) is 4.98 Å². The van der Waals surface area contributed by atoms with E-state index in [2.05, 4.69) is 21.5 Å². The summed E-state index contributed by atoms with van der Waals surface area (Å²) >= 11 is 0. The maximum atomic E-state index is 14.9. The van der Waals surface area contributed by atoms with Crippen LogP contribution >= 0.6 is 0 Å². The zero-order valence-electron chi connectivity index (χ0n) is 20.1. The first-order valence-electron chi connectivity index (χ1n) is 12.2. The third-order valence-corrected chi connectivity index (χ3v) is 7.12. The van der Waals surface area contributed by atoms with E-state index in [9.17, 15) is 14.0 Å². The minimum Gasteiger partial charge on any atom is -0.444 e. The molecule has 5 rings (SSSR count). The van der Waals surface area contributed by atoms with Crippen molar-refractivity contribution in [2.45, 2.75) is 71.3 Å². The SMILES string of the molecule is CC(C)(C)OC(=O)N1CCC2(CC=C(c3c(F)ccc4nc(NC(=O)C5CC5)nn34)CC2)CC1. The number of amides is 2. The van der Waals surface area contributed by atoms with Gasteiger partial charge >= 0.3 is 6.09 Å². The number of pyridine rings is 1. The monoisotopic (exact) mass is 469 g/mol. The Morgan fingerprint density at radius 1 is 1.18 bits per heavy atom. The molecule has 1 saturated carbocycles. The van der Waals surface area contributed by atoms with E-state index in [1.165, 1.54) is 10.6 Å². The topological polar surface area (TPSA) is 88.8 Å². The molecule has 0 aromatic carbocycles. The number of carbonyl (C=O) groups is 2. The van der Waals surface area contributed by atoms with Gasteiger partial charge in [-0.3, -0.25) is 10.1 Å². The highest BCUT2D eigenvalue weighted by molar-refractivity contribution is 5.92. The molecular weight excluding hydrogens is 437 g/mol. The summed E-state index contributed by atoms with van der Waals surface area (Å²) in [5.74, 6) is -0.165. The number of anilines is 1. The van der Waals surface area contributed by atoms with E-state index in [1.807, 2.05) is 20.8 Å². The summed E-state index contributed by atoms with van der Waals surface area (Å²) in [4.78, 5) is 30.7. The van der Waals surface area contributed by atoms with E-state index in [1.54, 1.807) is 11.0 Å². The first-order chi connectivity index (χ1) is 16.1. The fraction of sp³-hybridized carbons (Fsp3) is 0.600. The zero-order valence-corrected chi connectivity index (χ0v) is 20.1. The maximum absolute atomic E-state index is 14.9. The number of nitrogens with one attached hydrogen (secondary N) is 1. The van der Waals surface area contributed by atoms with Gasteiger partial charge in [-0.15, -0.1) is 5.10 Å². The number of allylic oxidation sites excluding steroid dienone is 2. The predicted octanol–water partition coefficient (Wildman–Crippen LogP) is 4.80. The number of piperidine rings is 1. The molecule has 1 aliphatic heterocycles. The van der Waals surface area contributed by atoms with Crippen molar-refractivity contribution in [2.24, 2.45) is 11.3 Å². The summed E-state index contributed by atoms with van der Waals surface area (Å²) in [5, 5.41) is 7.15. The molecule has 3 heterocycles. The third kappa shape index (κ3) is 4.65. The lowest BCUT2D eigenvalue weighted by atomic mass is 9.68. The van der Waals surface area contributed by atoms with E-state index in [4.69, 9.17) is 4.74 Å². The molecule has 1 N–H and O–H groups in total. The largest absolute Gasteiger partial charge is 0.444 e. The van der Waals surface area contributed by atoms with Gasteiger partial charge in [0.15, 0.2) is 5.65 Å². The minimum absolute atomic E-state index is 0.0433. The molecule has 8 nitrogen and oxygen atoms in total. The summed E-state index contributed by atoms with van der Waals surface area (Å²) in [7, 11) is 0. The van der Waals surface area contributed by atoms with Crippen LogP contribution in [0.1, 0.15) is 71.4 Å². The van der Waals surface area contributed by atoms with Crippen LogP contribution in [0.4, 0.5) is 15.1 Å². The second-order valence-corrected chi connectivity index (χ2v) is 10.9. The number of hydrogen-bond donors (Lipinski definition) is 1. The molecule has 0 atom stereocenters. The normalized spacial score (nSPS) is 20.4. The molecule has 2 aromatic heterocycles. The van der Waals surface area contributed by atoms with Gasteiger partial charge in [-0.1, -0.05) is 6.08 Å². The number of halogens is 1. The molecule has 9 heteroatoms. The summed E-state index contributed by atoms with van der Waals surface area (Å²) in [6.07, 6.45) is 7.95. The zero-order chi connectivity index (χ0) is 24.1. The van der Waals surface area contributed by atoms with Crippen molar-refractivity contribution >= 4 is 29.2 Å². The van der Waals surface area contributed by atoms with Crippen LogP contribution in [0.25, 0.3) is 11.2 Å². The highest BCUT2D eigenvalue weighted by atomic mass is 19.1. The van der Waals surface area contributed by atoms with E-state index in [0.29, 0.717) is 24.4 Å². The van der Waals surface area contributed by atoms with Crippen molar-refractivity contribution in [3.05, 3.63) is 29.7 Å². The highest BCUT2D eigenvalue weighted by Gasteiger charge is 2.38. The quantitative estimate of drug-likeness (QED) is 0.697. The molecule has 1 saturated heterocycles. The van der Waals surface area contributed by atoms with Crippen molar-refractivity contribution in [1.82, 2.24) is 19.5 Å². The molecule has 2 aromatic rings. The van der Waals surface area contributed by atoms with Crippen LogP contribution in [0.3, 0.4) is 0 Å². The second-order valence-electron chi connectivity index (χ2n) is 10.9. The van der Waals surface area contributed by atoms with Crippen molar-refractivity contribution in [3.63, 3.8) is 0 Å². The first kappa shape index (κ1) is 22.8. The van der Waals surface area contributed by atoms with E-state index < -0.39 is 5.60 Å². The van der Waals surface area contributed by atoms with Crippen molar-refractivity contribution in [1.29, 1.82) is 0 Å². The van der Waals surface area contributed by atoms with Gasteiger partial charge in [0.1, 0.15) is 17.1 Å². The fourth-order valence-corrected chi connectivity index (χ4v) is 4.93. The standard InChI is InChI=1S/C25H32FN5O3/c1-24(2,3)34-23(33)30-14-12-25(13-15-30)10-8-16(9-11-25)20-18(26)6-7-19-27-22(29-31(19)20)28-21(32)17-4-5-17/h6-8,17H,4-5,9-15H2,1-3H3,(H,28,29,32). The van der Waals surface area contributed by atoms with Crippen molar-refractivity contribution in [2.75, 3.05) is 18.4 Å². The van der Waals surface area contributed by atoms with Crippen molar-refractivity contribution in [3.8, 4) is 0 Å². The molecule has 1 spiro atoms. The number of hydrogen-bond acceptors (Lipinski definition) is 5. The van der Waals surface area contributed by atoms with Crippen molar-refractivity contribution < 1.29 is 18.7 Å². The molecule has 34 heavy (non-hydrogen) atoms. The Balaban J connectivity index is 1.30. The summed E-state index contributed by atoms with van der Waals surface area (Å²) < 4.78 is 22.0. The Bertz CT molecular complexity index is 1150. The van der Waals surface area contributed by atoms with E-state index >= 15 is 0 Å². The van der Waals surface area contributed by atoms with Gasteiger partial charge in [0.2, 0.25) is 11.9 Å². The lowest BCUT2D eigenvalue weighted by molar-refractivity contribution is -0.117. The Kier molecular flexibility index (Phi) is 5.61. The fourth-order valence-electron chi connectivity index (χ4n) is 4.93. The Labute approximate surface area is 198 Å². The number of rotatable bonds is 3. The highest BCUT2D eigenvalue weighted by Crippen LogP contribution is 2.46. The predicted molar refractivity (Wildman–Crippen MR) is 126 cm³/mol. The van der Waals surface area contributed by atoms with Crippen LogP contribution < -0.4 is 5.32 Å². The molecule has 0 radical (unpaired) electrons. The minimum atomic E-state index is -0.498. The molecule has 182 valence electrons. The number of carbonyl (C=O) groups excluding carboxylic acids is 2. The molecule has 3 aliphatic rings. The van der Waals surface area contributed by atoms with E-state index in [-0.39, 0.29) is 35.1 Å². The van der Waals surface area contributed by atoms with Crippen LogP contribution in [0.5, 0.6) is 0 Å². The number of fused-ring (bicyclic) bond motifs is 1. The first-order valence-corrected chi connectivity index (χ1v) is 12.2. The van der Waals surface area contributed by atoms with Crippen LogP contribution in [-0.4, -0.2) is 50.2 Å². The van der Waals surface area contributed by atoms with Gasteiger partial charge in [-0.05, 0) is 88.8 Å². The third-order valence-electron chi connectivity index (χ3n) is 7.12. The maximum Gasteiger partial charge on any atom is 0.410 e. The summed E-state index contributed by atoms with van der Waals surface area (Å²) in [5.41, 5.74) is 1.46. The molecular formula is C25H32FN5O3. The van der Waals surface area contributed by atoms with Gasteiger partial charge < -0.3 is 9.64 Å². The van der Waals surface area contributed by atoms with Crippen LogP contribution in [0.2, 0.25) is 0 Å². The van der Waals surface area contributed by atoms with Gasteiger partial charge in [-0.25, -0.2) is 13.7 Å². The molecule has 2 amide bonds. The lowest BCUT2D eigenvalue weighted by Crippen LogP contribution is -2.45. The number of nitrogens with zero attached hydrogens (tertiary/aromatic N) is 4. The molecule has 2 aliphatic carbocycles. The molecule has 0 unspecified atom stereocenters. The smallest absolute Gasteiger partial charge is 0.410 e. The Hall–Kier alpha value is -2.97. The lowest BCUT2D eigenvalue weighted by Gasteiger charge is -2.43. The van der Waals surface area contributed by atoms with Gasteiger partial charge in [0, 0.05) is 19.0 Å². The van der Waals surface area contributed by atoms with Gasteiger partial charge in [0.05, 0.1) is 0 Å². The number of aromatic nitrogens is 3. The Morgan fingerprint density at radius 2 is 1.91 bits per heavy atom. The van der Waals surface area contributed by atoms with Gasteiger partial charge in [0.25, 0.3) is 0 Å². The average molecular weight is 470 g/mol. The van der Waals surface area contributed by atoms with Crippen LogP contribution in [0, 0.1) is 17.2 Å². The second kappa shape index (κ2) is 8.36. The van der Waals surface area contributed by atoms with Crippen LogP contribution in [-0.2, 0) is 9.53 Å². The molecule has 2 fully saturated rings. The summed E-state index contributed by atoms with van der Waals surface area (Å²) in [6, 6.07) is 2.99. The number of ether oxygens (including phenoxy) is 1. The molecule has 0 bridgehead atoms. The van der Waals surface area contributed by atoms with E-state index in [0.717, 1.165) is 50.5 Å². The average Bonchev–Trinajstić information content (AvgIpc) is 3.55. The summed E-state index contributed by atoms with van der Waals surface area (Å²) in [6.45, 7) is 6.98. The van der Waals surface area contributed by atoms with Crippen LogP contribution in [0.15, 0.2) is 18.2 Å². The Morgan fingerprint density at radius 3 is 2.53 bits per heavy atom. The number of likely N-dealkylation sites (tertiary alicyclic amines) is 1.